The molecule has 1 aliphatic heterocycles. The summed E-state index contributed by atoms with van der Waals surface area (Å²) in [7, 11) is 0. The van der Waals surface area contributed by atoms with Crippen LogP contribution in [-0.4, -0.2) is 36.4 Å². The molecule has 0 saturated carbocycles. The summed E-state index contributed by atoms with van der Waals surface area (Å²) in [6.07, 6.45) is 0.972. The molecule has 19 heavy (non-hydrogen) atoms. The zero-order chi connectivity index (χ0) is 13.9. The second-order valence-corrected chi connectivity index (χ2v) is 5.84. The van der Waals surface area contributed by atoms with Crippen molar-refractivity contribution in [2.24, 2.45) is 0 Å². The zero-order valence-electron chi connectivity index (χ0n) is 10.9. The lowest BCUT2D eigenvalue weighted by Gasteiger charge is -2.26. The predicted molar refractivity (Wildman–Crippen MR) is 76.0 cm³/mol. The van der Waals surface area contributed by atoms with Crippen LogP contribution in [0.1, 0.15) is 17.5 Å². The Hall–Kier alpha value is -0.910. The van der Waals surface area contributed by atoms with E-state index in [4.69, 9.17) is 4.74 Å². The van der Waals surface area contributed by atoms with E-state index in [1.807, 2.05) is 25.1 Å². The number of rotatable bonds is 4. The van der Waals surface area contributed by atoms with Gasteiger partial charge in [0.2, 0.25) is 5.91 Å². The number of benzene rings is 1. The second-order valence-electron chi connectivity index (χ2n) is 4.99. The van der Waals surface area contributed by atoms with Crippen molar-refractivity contribution >= 4 is 21.8 Å². The molecular weight excluding hydrogens is 310 g/mol. The summed E-state index contributed by atoms with van der Waals surface area (Å²) < 4.78 is 6.26. The number of aliphatic hydroxyl groups excluding tert-OH is 1. The lowest BCUT2D eigenvalue weighted by atomic mass is 9.98. The first-order chi connectivity index (χ1) is 9.06. The zero-order valence-corrected chi connectivity index (χ0v) is 12.5. The molecule has 0 bridgehead atoms. The number of carbonyl (C=O) groups excluding carboxylic acids is 1. The lowest BCUT2D eigenvalue weighted by molar-refractivity contribution is -0.123. The van der Waals surface area contributed by atoms with E-state index in [0.29, 0.717) is 26.1 Å². The third-order valence-electron chi connectivity index (χ3n) is 3.54. The van der Waals surface area contributed by atoms with E-state index in [0.717, 1.165) is 15.6 Å². The van der Waals surface area contributed by atoms with Gasteiger partial charge in [0.25, 0.3) is 0 Å². The van der Waals surface area contributed by atoms with Gasteiger partial charge in [-0.3, -0.25) is 4.79 Å². The Bertz CT molecular complexity index is 470. The molecule has 1 atom stereocenters. The van der Waals surface area contributed by atoms with E-state index in [-0.39, 0.29) is 12.5 Å². The summed E-state index contributed by atoms with van der Waals surface area (Å²) in [5.41, 5.74) is 1.45. The average Bonchev–Trinajstić information content (AvgIpc) is 2.84. The first kappa shape index (κ1) is 14.5. The van der Waals surface area contributed by atoms with Gasteiger partial charge in [-0.15, -0.1) is 0 Å². The molecule has 2 rings (SSSR count). The van der Waals surface area contributed by atoms with Gasteiger partial charge in [0, 0.05) is 11.1 Å². The Kier molecular flexibility index (Phi) is 4.60. The van der Waals surface area contributed by atoms with Crippen molar-refractivity contribution in [3.63, 3.8) is 0 Å². The van der Waals surface area contributed by atoms with Crippen LogP contribution in [-0.2, 0) is 16.0 Å². The number of aliphatic hydroxyl groups is 1. The Labute approximate surface area is 121 Å². The molecule has 1 fully saturated rings. The first-order valence-electron chi connectivity index (χ1n) is 6.30. The maximum atomic E-state index is 12.1. The number of nitrogens with one attached hydrogen (secondary N) is 1. The minimum absolute atomic E-state index is 0.0826. The molecule has 0 aromatic heterocycles. The molecule has 5 heteroatoms. The quantitative estimate of drug-likeness (QED) is 0.882. The number of carbonyl (C=O) groups is 1. The number of hydrogen-bond acceptors (Lipinski definition) is 3. The van der Waals surface area contributed by atoms with E-state index in [9.17, 15) is 9.90 Å². The fourth-order valence-corrected chi connectivity index (χ4v) is 2.63. The van der Waals surface area contributed by atoms with Crippen LogP contribution in [0, 0.1) is 6.92 Å². The Morgan fingerprint density at radius 3 is 3.00 bits per heavy atom. The molecule has 1 aromatic carbocycles. The van der Waals surface area contributed by atoms with Crippen molar-refractivity contribution in [1.29, 1.82) is 0 Å². The van der Waals surface area contributed by atoms with Crippen LogP contribution >= 0.6 is 15.9 Å². The van der Waals surface area contributed by atoms with Crippen molar-refractivity contribution in [2.45, 2.75) is 25.3 Å². The van der Waals surface area contributed by atoms with Gasteiger partial charge in [-0.05, 0) is 30.5 Å². The second kappa shape index (κ2) is 6.03. The fraction of sp³-hybridized carbons (Fsp3) is 0.500. The monoisotopic (exact) mass is 327 g/mol. The molecule has 0 aliphatic carbocycles. The third kappa shape index (κ3) is 3.35. The van der Waals surface area contributed by atoms with E-state index in [1.54, 1.807) is 0 Å². The standard InChI is InChI=1S/C14H18BrNO3/c1-10-11(3-2-4-12(10)15)7-13(18)16-14(8-17)5-6-19-9-14/h2-4,17H,5-9H2,1H3,(H,16,18)/t14-/m1/s1. The summed E-state index contributed by atoms with van der Waals surface area (Å²) in [6.45, 7) is 2.85. The van der Waals surface area contributed by atoms with E-state index >= 15 is 0 Å². The van der Waals surface area contributed by atoms with Crippen molar-refractivity contribution in [3.8, 4) is 0 Å². The smallest absolute Gasteiger partial charge is 0.225 e. The average molecular weight is 328 g/mol. The summed E-state index contributed by atoms with van der Waals surface area (Å²) in [5, 5.41) is 12.3. The van der Waals surface area contributed by atoms with Crippen molar-refractivity contribution < 1.29 is 14.6 Å². The van der Waals surface area contributed by atoms with E-state index < -0.39 is 5.54 Å². The predicted octanol–water partition coefficient (Wildman–Crippen LogP) is 1.57. The number of amides is 1. The summed E-state index contributed by atoms with van der Waals surface area (Å²) in [4.78, 5) is 12.1. The summed E-state index contributed by atoms with van der Waals surface area (Å²) >= 11 is 3.46. The minimum atomic E-state index is -0.600. The first-order valence-corrected chi connectivity index (χ1v) is 7.09. The number of halogens is 1. The minimum Gasteiger partial charge on any atom is -0.394 e. The molecule has 1 amide bonds. The van der Waals surface area contributed by atoms with Crippen LogP contribution in [0.4, 0.5) is 0 Å². The fourth-order valence-electron chi connectivity index (χ4n) is 2.23. The molecule has 0 radical (unpaired) electrons. The number of ether oxygens (including phenoxy) is 1. The van der Waals surface area contributed by atoms with Gasteiger partial charge in [-0.2, -0.15) is 0 Å². The molecule has 0 unspecified atom stereocenters. The SMILES string of the molecule is Cc1c(Br)cccc1CC(=O)N[C@@]1(CO)CCOC1. The summed E-state index contributed by atoms with van der Waals surface area (Å²) in [5.74, 6) is -0.0826. The largest absolute Gasteiger partial charge is 0.394 e. The summed E-state index contributed by atoms with van der Waals surface area (Å²) in [6, 6.07) is 5.81. The molecule has 1 saturated heterocycles. The van der Waals surface area contributed by atoms with Crippen LogP contribution in [0.2, 0.25) is 0 Å². The lowest BCUT2D eigenvalue weighted by Crippen LogP contribution is -2.52. The molecular formula is C14H18BrNO3. The van der Waals surface area contributed by atoms with Crippen LogP contribution in [0.5, 0.6) is 0 Å². The normalized spacial score (nSPS) is 22.5. The van der Waals surface area contributed by atoms with Gasteiger partial charge in [-0.25, -0.2) is 0 Å². The highest BCUT2D eigenvalue weighted by molar-refractivity contribution is 9.10. The highest BCUT2D eigenvalue weighted by Gasteiger charge is 2.35. The maximum Gasteiger partial charge on any atom is 0.225 e. The van der Waals surface area contributed by atoms with Gasteiger partial charge in [-0.1, -0.05) is 28.1 Å². The van der Waals surface area contributed by atoms with Crippen molar-refractivity contribution in [3.05, 3.63) is 33.8 Å². The molecule has 0 spiro atoms. The van der Waals surface area contributed by atoms with Crippen molar-refractivity contribution in [1.82, 2.24) is 5.32 Å². The van der Waals surface area contributed by atoms with Gasteiger partial charge < -0.3 is 15.2 Å². The molecule has 1 aliphatic rings. The van der Waals surface area contributed by atoms with Gasteiger partial charge in [0.05, 0.1) is 25.2 Å². The molecule has 1 heterocycles. The van der Waals surface area contributed by atoms with Crippen molar-refractivity contribution in [2.75, 3.05) is 19.8 Å². The molecule has 104 valence electrons. The van der Waals surface area contributed by atoms with Gasteiger partial charge >= 0.3 is 0 Å². The van der Waals surface area contributed by atoms with Gasteiger partial charge in [0.15, 0.2) is 0 Å². The number of hydrogen-bond donors (Lipinski definition) is 2. The van der Waals surface area contributed by atoms with Crippen LogP contribution in [0.3, 0.4) is 0 Å². The molecule has 1 aromatic rings. The Morgan fingerprint density at radius 1 is 1.58 bits per heavy atom. The van der Waals surface area contributed by atoms with Gasteiger partial charge in [0.1, 0.15) is 0 Å². The topological polar surface area (TPSA) is 58.6 Å². The molecule has 2 N–H and O–H groups in total. The Balaban J connectivity index is 2.03. The maximum absolute atomic E-state index is 12.1. The van der Waals surface area contributed by atoms with Crippen LogP contribution in [0.15, 0.2) is 22.7 Å². The van der Waals surface area contributed by atoms with E-state index in [1.165, 1.54) is 0 Å². The highest BCUT2D eigenvalue weighted by Crippen LogP contribution is 2.21. The third-order valence-corrected chi connectivity index (χ3v) is 4.40. The van der Waals surface area contributed by atoms with Crippen LogP contribution in [0.25, 0.3) is 0 Å². The molecule has 4 nitrogen and oxygen atoms in total. The Morgan fingerprint density at radius 2 is 2.37 bits per heavy atom. The highest BCUT2D eigenvalue weighted by atomic mass is 79.9. The van der Waals surface area contributed by atoms with Crippen LogP contribution < -0.4 is 5.32 Å². The van der Waals surface area contributed by atoms with E-state index in [2.05, 4.69) is 21.2 Å².